The molecule has 2 unspecified atom stereocenters. The lowest BCUT2D eigenvalue weighted by Crippen LogP contribution is -2.46. The van der Waals surface area contributed by atoms with Crippen LogP contribution in [-0.2, 0) is 20.7 Å². The molecule has 0 radical (unpaired) electrons. The number of anilines is 2. The van der Waals surface area contributed by atoms with Gasteiger partial charge in [0.05, 0.1) is 17.9 Å². The van der Waals surface area contributed by atoms with Crippen LogP contribution in [0.5, 0.6) is 0 Å². The van der Waals surface area contributed by atoms with E-state index in [0.29, 0.717) is 29.5 Å². The summed E-state index contributed by atoms with van der Waals surface area (Å²) in [6.07, 6.45) is 5.18. The number of hydrogen-bond donors (Lipinski definition) is 2. The summed E-state index contributed by atoms with van der Waals surface area (Å²) in [4.78, 5) is 48.4. The second kappa shape index (κ2) is 10.8. The van der Waals surface area contributed by atoms with Gasteiger partial charge in [-0.05, 0) is 76.1 Å². The Morgan fingerprint density at radius 3 is 2.46 bits per heavy atom. The van der Waals surface area contributed by atoms with E-state index < -0.39 is 23.5 Å². The van der Waals surface area contributed by atoms with Gasteiger partial charge >= 0.3 is 17.9 Å². The molecule has 1 fully saturated rings. The maximum atomic E-state index is 13.2. The van der Waals surface area contributed by atoms with Crippen molar-refractivity contribution in [2.24, 2.45) is 5.92 Å². The zero-order valence-corrected chi connectivity index (χ0v) is 21.3. The highest BCUT2D eigenvalue weighted by atomic mass is 16.6. The van der Waals surface area contributed by atoms with Gasteiger partial charge in [-0.15, -0.1) is 0 Å². The highest BCUT2D eigenvalue weighted by molar-refractivity contribution is 6.39. The number of amides is 3. The van der Waals surface area contributed by atoms with Crippen molar-refractivity contribution in [3.05, 3.63) is 47.4 Å². The Morgan fingerprint density at radius 2 is 1.86 bits per heavy atom. The van der Waals surface area contributed by atoms with Crippen molar-refractivity contribution >= 4 is 29.4 Å². The predicted octanol–water partition coefficient (Wildman–Crippen LogP) is 4.63. The summed E-state index contributed by atoms with van der Waals surface area (Å²) in [6.45, 7) is 11.7. The largest absolute Gasteiger partial charge is 0.444 e. The Bertz CT molecular complexity index is 1080. The number of nitrogens with one attached hydrogen (secondary N) is 2. The van der Waals surface area contributed by atoms with Gasteiger partial charge in [-0.1, -0.05) is 19.9 Å². The molecule has 0 bridgehead atoms. The topological polar surface area (TPSA) is 114 Å². The highest BCUT2D eigenvalue weighted by Crippen LogP contribution is 2.33. The van der Waals surface area contributed by atoms with E-state index in [0.717, 1.165) is 30.5 Å². The number of ether oxygens (including phenoxy) is 1. The van der Waals surface area contributed by atoms with Gasteiger partial charge in [-0.3, -0.25) is 19.9 Å². The molecule has 3 amide bonds. The van der Waals surface area contributed by atoms with Crippen molar-refractivity contribution in [2.75, 3.05) is 17.2 Å². The summed E-state index contributed by atoms with van der Waals surface area (Å²) in [5, 5.41) is 5.24. The zero-order valence-electron chi connectivity index (χ0n) is 21.3. The van der Waals surface area contributed by atoms with Crippen LogP contribution in [0.25, 0.3) is 0 Å². The van der Waals surface area contributed by atoms with Crippen molar-refractivity contribution < 1.29 is 19.1 Å². The Hall–Kier alpha value is -3.49. The van der Waals surface area contributed by atoms with Crippen LogP contribution in [0.2, 0.25) is 0 Å². The second-order valence-corrected chi connectivity index (χ2v) is 10.1. The smallest absolute Gasteiger partial charge is 0.413 e. The van der Waals surface area contributed by atoms with Crippen LogP contribution >= 0.6 is 0 Å². The summed E-state index contributed by atoms with van der Waals surface area (Å²) < 4.78 is 5.24. The van der Waals surface area contributed by atoms with E-state index >= 15 is 0 Å². The molecule has 2 aromatic heterocycles. The first kappa shape index (κ1) is 26.1. The molecular formula is C26H35N5O4. The predicted molar refractivity (Wildman–Crippen MR) is 134 cm³/mol. The van der Waals surface area contributed by atoms with E-state index in [4.69, 9.17) is 4.74 Å². The minimum atomic E-state index is -0.726. The monoisotopic (exact) mass is 481 g/mol. The van der Waals surface area contributed by atoms with Gasteiger partial charge in [0.1, 0.15) is 11.4 Å². The van der Waals surface area contributed by atoms with Gasteiger partial charge in [-0.2, -0.15) is 0 Å². The standard InChI is InChI=1S/C26H35N5O4/c1-7-19-10-9-18(13-27-19)21-11-8-16(2)15-31(21)24(33)23(32)29-20-12-17(3)22(28-14-20)30-25(34)35-26(4,5)6/h9-10,12-14,16,21H,7-8,11,15H2,1-6H3,(H,29,32)(H,28,30,34). The number of likely N-dealkylation sites (tertiary alicyclic amines) is 1. The first-order chi connectivity index (χ1) is 16.5. The molecule has 0 aliphatic carbocycles. The van der Waals surface area contributed by atoms with E-state index in [9.17, 15) is 14.4 Å². The summed E-state index contributed by atoms with van der Waals surface area (Å²) in [6, 6.07) is 5.42. The van der Waals surface area contributed by atoms with Crippen molar-refractivity contribution in [1.29, 1.82) is 0 Å². The van der Waals surface area contributed by atoms with E-state index in [-0.39, 0.29) is 6.04 Å². The quantitative estimate of drug-likeness (QED) is 0.616. The number of pyridine rings is 2. The Morgan fingerprint density at radius 1 is 1.11 bits per heavy atom. The van der Waals surface area contributed by atoms with Crippen LogP contribution in [0.4, 0.5) is 16.3 Å². The molecule has 1 aliphatic heterocycles. The van der Waals surface area contributed by atoms with E-state index in [1.54, 1.807) is 44.9 Å². The third-order valence-electron chi connectivity index (χ3n) is 5.82. The molecule has 3 heterocycles. The Balaban J connectivity index is 1.70. The van der Waals surface area contributed by atoms with Crippen LogP contribution in [0.15, 0.2) is 30.6 Å². The maximum absolute atomic E-state index is 13.2. The lowest BCUT2D eigenvalue weighted by Gasteiger charge is -2.38. The molecular weight excluding hydrogens is 446 g/mol. The molecule has 3 rings (SSSR count). The minimum Gasteiger partial charge on any atom is -0.444 e. The van der Waals surface area contributed by atoms with Gasteiger partial charge in [-0.25, -0.2) is 9.78 Å². The molecule has 2 atom stereocenters. The number of rotatable bonds is 4. The van der Waals surface area contributed by atoms with Crippen LogP contribution in [0.1, 0.15) is 70.3 Å². The number of carbonyl (C=O) groups excluding carboxylic acids is 3. The van der Waals surface area contributed by atoms with Crippen LogP contribution in [-0.4, -0.2) is 44.9 Å². The highest BCUT2D eigenvalue weighted by Gasteiger charge is 2.34. The van der Waals surface area contributed by atoms with Gasteiger partial charge in [0.15, 0.2) is 0 Å². The summed E-state index contributed by atoms with van der Waals surface area (Å²) in [5.41, 5.74) is 2.27. The van der Waals surface area contributed by atoms with Crippen molar-refractivity contribution in [3.8, 4) is 0 Å². The SMILES string of the molecule is CCc1ccc(C2CCC(C)CN2C(=O)C(=O)Nc2cnc(NC(=O)OC(C)(C)C)c(C)c2)cn1. The third-order valence-corrected chi connectivity index (χ3v) is 5.82. The molecule has 188 valence electrons. The third kappa shape index (κ3) is 7.00. The molecule has 0 aromatic carbocycles. The van der Waals surface area contributed by atoms with Gasteiger partial charge in [0.25, 0.3) is 0 Å². The molecule has 35 heavy (non-hydrogen) atoms. The van der Waals surface area contributed by atoms with Crippen LogP contribution < -0.4 is 10.6 Å². The summed E-state index contributed by atoms with van der Waals surface area (Å²) >= 11 is 0. The van der Waals surface area contributed by atoms with Crippen LogP contribution in [0.3, 0.4) is 0 Å². The molecule has 2 N–H and O–H groups in total. The number of aromatic nitrogens is 2. The number of nitrogens with zero attached hydrogens (tertiary/aromatic N) is 3. The van der Waals surface area contributed by atoms with Crippen molar-refractivity contribution in [3.63, 3.8) is 0 Å². The lowest BCUT2D eigenvalue weighted by molar-refractivity contribution is -0.146. The molecule has 2 aromatic rings. The Labute approximate surface area is 206 Å². The molecule has 1 saturated heterocycles. The van der Waals surface area contributed by atoms with Gasteiger partial charge in [0, 0.05) is 18.4 Å². The van der Waals surface area contributed by atoms with Crippen molar-refractivity contribution in [1.82, 2.24) is 14.9 Å². The summed E-state index contributed by atoms with van der Waals surface area (Å²) in [5.74, 6) is -0.699. The first-order valence-corrected chi connectivity index (χ1v) is 12.0. The fraction of sp³-hybridized carbons (Fsp3) is 0.500. The number of carbonyl (C=O) groups is 3. The zero-order chi connectivity index (χ0) is 25.8. The average Bonchev–Trinajstić information content (AvgIpc) is 2.79. The van der Waals surface area contributed by atoms with E-state index in [2.05, 4.69) is 27.5 Å². The number of aryl methyl sites for hydroxylation is 2. The summed E-state index contributed by atoms with van der Waals surface area (Å²) in [7, 11) is 0. The fourth-order valence-electron chi connectivity index (χ4n) is 4.06. The van der Waals surface area contributed by atoms with E-state index in [1.165, 1.54) is 6.20 Å². The van der Waals surface area contributed by atoms with Gasteiger partial charge in [0.2, 0.25) is 0 Å². The van der Waals surface area contributed by atoms with Crippen molar-refractivity contribution in [2.45, 2.75) is 72.4 Å². The molecule has 9 heteroatoms. The second-order valence-electron chi connectivity index (χ2n) is 10.1. The normalized spacial score (nSPS) is 18.1. The average molecular weight is 482 g/mol. The Kier molecular flexibility index (Phi) is 8.09. The first-order valence-electron chi connectivity index (χ1n) is 12.0. The number of hydrogen-bond acceptors (Lipinski definition) is 6. The lowest BCUT2D eigenvalue weighted by atomic mass is 9.90. The molecule has 1 aliphatic rings. The molecule has 0 spiro atoms. The maximum Gasteiger partial charge on any atom is 0.413 e. The number of piperidine rings is 1. The molecule has 9 nitrogen and oxygen atoms in total. The fourth-order valence-corrected chi connectivity index (χ4v) is 4.06. The van der Waals surface area contributed by atoms with E-state index in [1.807, 2.05) is 19.1 Å². The molecule has 0 saturated carbocycles. The minimum absolute atomic E-state index is 0.192. The van der Waals surface area contributed by atoms with Crippen LogP contribution in [0, 0.1) is 12.8 Å². The van der Waals surface area contributed by atoms with Gasteiger partial charge < -0.3 is 15.0 Å².